The predicted octanol–water partition coefficient (Wildman–Crippen LogP) is 1.12. The van der Waals surface area contributed by atoms with Crippen LogP contribution < -0.4 is 4.73 Å². The summed E-state index contributed by atoms with van der Waals surface area (Å²) >= 11 is 1.27. The fourth-order valence-electron chi connectivity index (χ4n) is 1.47. The highest BCUT2D eigenvalue weighted by Gasteiger charge is 2.34. The minimum atomic E-state index is -0.248. The van der Waals surface area contributed by atoms with Crippen LogP contribution in [-0.4, -0.2) is 17.3 Å². The van der Waals surface area contributed by atoms with Crippen LogP contribution in [0.25, 0.3) is 0 Å². The van der Waals surface area contributed by atoms with Gasteiger partial charge >= 0.3 is 5.97 Å². The van der Waals surface area contributed by atoms with Gasteiger partial charge in [-0.25, -0.2) is 0 Å². The lowest BCUT2D eigenvalue weighted by atomic mass is 10.3. The second kappa shape index (κ2) is 4.10. The molecule has 0 unspecified atom stereocenters. The van der Waals surface area contributed by atoms with Gasteiger partial charge in [0, 0.05) is 18.6 Å². The molecule has 4 nitrogen and oxygen atoms in total. The minimum absolute atomic E-state index is 0.0428. The second-order valence-electron chi connectivity index (χ2n) is 3.45. The number of esters is 1. The van der Waals surface area contributed by atoms with Crippen molar-refractivity contribution < 1.29 is 14.3 Å². The number of hydrogen-bond donors (Lipinski definition) is 0. The molecule has 0 saturated carbocycles. The lowest BCUT2D eigenvalue weighted by molar-refractivity contribution is -0.645. The Balaban J connectivity index is 2.09. The summed E-state index contributed by atoms with van der Waals surface area (Å²) in [5, 5.41) is 11.6. The molecule has 2 rings (SSSR count). The maximum atomic E-state index is 11.3. The molecule has 1 aliphatic rings. The predicted molar refractivity (Wildman–Crippen MR) is 55.2 cm³/mol. The zero-order valence-electron chi connectivity index (χ0n) is 8.25. The molecule has 0 bridgehead atoms. The lowest BCUT2D eigenvalue weighted by Crippen LogP contribution is -2.29. The Bertz CT molecular complexity index is 383. The summed E-state index contributed by atoms with van der Waals surface area (Å²) in [7, 11) is 0. The van der Waals surface area contributed by atoms with Crippen LogP contribution in [0.3, 0.4) is 0 Å². The number of hydrogen-bond acceptors (Lipinski definition) is 4. The first-order valence-corrected chi connectivity index (χ1v) is 5.60. The Morgan fingerprint density at radius 2 is 2.40 bits per heavy atom. The van der Waals surface area contributed by atoms with Crippen LogP contribution in [0.4, 0.5) is 0 Å². The number of ether oxygens (including phenoxy) is 1. The molecule has 1 fully saturated rings. The van der Waals surface area contributed by atoms with E-state index in [4.69, 9.17) is 4.74 Å². The van der Waals surface area contributed by atoms with E-state index < -0.39 is 0 Å². The van der Waals surface area contributed by atoms with E-state index in [1.54, 1.807) is 18.2 Å². The monoisotopic (exact) mass is 225 g/mol. The molecule has 80 valence electrons. The number of carbonyl (C=O) groups excluding carboxylic acids is 1. The molecule has 0 amide bonds. The summed E-state index contributed by atoms with van der Waals surface area (Å²) in [6.07, 6.45) is 2.04. The van der Waals surface area contributed by atoms with Crippen LogP contribution in [-0.2, 0) is 9.53 Å². The Labute approximate surface area is 91.8 Å². The van der Waals surface area contributed by atoms with Gasteiger partial charge in [0.1, 0.15) is 11.4 Å². The standard InChI is InChI=1S/C10H11NO3S/c1-7-6-8(10(12)14-7)15-9-4-2-3-5-11(9)13/h2-5,7-8H,6H2,1H3/t7-,8-/m1/s1. The topological polar surface area (TPSA) is 53.2 Å². The van der Waals surface area contributed by atoms with Gasteiger partial charge in [0.15, 0.2) is 6.20 Å². The minimum Gasteiger partial charge on any atom is -0.618 e. The maximum Gasteiger partial charge on any atom is 0.320 e. The highest BCUT2D eigenvalue weighted by molar-refractivity contribution is 8.00. The normalized spacial score (nSPS) is 25.3. The summed E-state index contributed by atoms with van der Waals surface area (Å²) in [4.78, 5) is 11.3. The zero-order chi connectivity index (χ0) is 10.8. The Morgan fingerprint density at radius 1 is 1.60 bits per heavy atom. The van der Waals surface area contributed by atoms with E-state index in [0.717, 1.165) is 4.73 Å². The summed E-state index contributed by atoms with van der Waals surface area (Å²) in [6, 6.07) is 5.14. The highest BCUT2D eigenvalue weighted by atomic mass is 32.2. The van der Waals surface area contributed by atoms with Crippen molar-refractivity contribution in [3.63, 3.8) is 0 Å². The fraction of sp³-hybridized carbons (Fsp3) is 0.400. The first-order valence-electron chi connectivity index (χ1n) is 4.72. The van der Waals surface area contributed by atoms with E-state index >= 15 is 0 Å². The van der Waals surface area contributed by atoms with E-state index in [2.05, 4.69) is 0 Å². The number of rotatable bonds is 2. The third-order valence-electron chi connectivity index (χ3n) is 2.18. The number of nitrogens with zero attached hydrogens (tertiary/aromatic N) is 1. The van der Waals surface area contributed by atoms with Gasteiger partial charge in [-0.2, -0.15) is 4.73 Å². The highest BCUT2D eigenvalue weighted by Crippen LogP contribution is 2.29. The van der Waals surface area contributed by atoms with Crippen molar-refractivity contribution in [3.8, 4) is 0 Å². The molecule has 15 heavy (non-hydrogen) atoms. The molecule has 1 aliphatic heterocycles. The first kappa shape index (κ1) is 10.3. The molecule has 1 aromatic rings. The molecule has 0 N–H and O–H groups in total. The van der Waals surface area contributed by atoms with Crippen molar-refractivity contribution in [3.05, 3.63) is 29.6 Å². The van der Waals surface area contributed by atoms with Crippen LogP contribution in [0, 0.1) is 5.21 Å². The van der Waals surface area contributed by atoms with Crippen LogP contribution in [0.2, 0.25) is 0 Å². The van der Waals surface area contributed by atoms with Crippen LogP contribution in [0.1, 0.15) is 13.3 Å². The van der Waals surface area contributed by atoms with Crippen molar-refractivity contribution in [2.45, 2.75) is 29.7 Å². The third kappa shape index (κ3) is 2.23. The molecule has 1 aromatic heterocycles. The summed E-state index contributed by atoms with van der Waals surface area (Å²) < 4.78 is 5.78. The second-order valence-corrected chi connectivity index (χ2v) is 4.68. The summed E-state index contributed by atoms with van der Waals surface area (Å²) in [5.41, 5.74) is 0. The van der Waals surface area contributed by atoms with Gasteiger partial charge in [-0.05, 0) is 24.8 Å². The lowest BCUT2D eigenvalue weighted by Gasteiger charge is -2.05. The smallest absolute Gasteiger partial charge is 0.320 e. The van der Waals surface area contributed by atoms with Gasteiger partial charge in [-0.15, -0.1) is 0 Å². The van der Waals surface area contributed by atoms with Crippen LogP contribution in [0.15, 0.2) is 29.4 Å². The molecule has 1 saturated heterocycles. The van der Waals surface area contributed by atoms with Crippen LogP contribution in [0.5, 0.6) is 0 Å². The van der Waals surface area contributed by atoms with E-state index in [1.807, 2.05) is 6.92 Å². The third-order valence-corrected chi connectivity index (χ3v) is 3.40. The molecule has 0 aromatic carbocycles. The number of carbonyl (C=O) groups is 1. The Morgan fingerprint density at radius 3 is 3.00 bits per heavy atom. The molecular formula is C10H11NO3S. The number of cyclic esters (lactones) is 1. The van der Waals surface area contributed by atoms with Crippen molar-refractivity contribution in [1.82, 2.24) is 0 Å². The van der Waals surface area contributed by atoms with Gasteiger partial charge in [0.25, 0.3) is 5.03 Å². The SMILES string of the molecule is C[C@@H]1C[C@@H](Sc2cccc[n+]2[O-])C(=O)O1. The van der Waals surface area contributed by atoms with Crippen molar-refractivity contribution >= 4 is 17.7 Å². The quantitative estimate of drug-likeness (QED) is 0.430. The van der Waals surface area contributed by atoms with Crippen molar-refractivity contribution in [2.24, 2.45) is 0 Å². The molecular weight excluding hydrogens is 214 g/mol. The van der Waals surface area contributed by atoms with Gasteiger partial charge in [-0.1, -0.05) is 0 Å². The average Bonchev–Trinajstić information content (AvgIpc) is 2.49. The number of pyridine rings is 1. The average molecular weight is 225 g/mol. The Hall–Kier alpha value is -1.23. The van der Waals surface area contributed by atoms with E-state index in [-0.39, 0.29) is 17.3 Å². The summed E-state index contributed by atoms with van der Waals surface area (Å²) in [5.74, 6) is -0.226. The molecule has 0 radical (unpaired) electrons. The molecule has 0 spiro atoms. The molecule has 0 aliphatic carbocycles. The number of thioether (sulfide) groups is 1. The molecule has 2 heterocycles. The van der Waals surface area contributed by atoms with Gasteiger partial charge < -0.3 is 9.94 Å². The Kier molecular flexibility index (Phi) is 2.81. The van der Waals surface area contributed by atoms with Crippen LogP contribution >= 0.6 is 11.8 Å². The van der Waals surface area contributed by atoms with E-state index in [9.17, 15) is 10.0 Å². The van der Waals surface area contributed by atoms with Crippen molar-refractivity contribution in [2.75, 3.05) is 0 Å². The zero-order valence-corrected chi connectivity index (χ0v) is 9.07. The summed E-state index contributed by atoms with van der Waals surface area (Å²) in [6.45, 7) is 1.86. The molecule has 5 heteroatoms. The van der Waals surface area contributed by atoms with E-state index in [0.29, 0.717) is 11.4 Å². The first-order chi connectivity index (χ1) is 7.16. The van der Waals surface area contributed by atoms with Crippen molar-refractivity contribution in [1.29, 1.82) is 0 Å². The van der Waals surface area contributed by atoms with Gasteiger partial charge in [0.05, 0.1) is 0 Å². The fourth-order valence-corrected chi connectivity index (χ4v) is 2.60. The number of aromatic nitrogens is 1. The maximum absolute atomic E-state index is 11.3. The van der Waals surface area contributed by atoms with Gasteiger partial charge in [-0.3, -0.25) is 4.79 Å². The largest absolute Gasteiger partial charge is 0.618 e. The van der Waals surface area contributed by atoms with Gasteiger partial charge in [0.2, 0.25) is 0 Å². The van der Waals surface area contributed by atoms with E-state index in [1.165, 1.54) is 18.0 Å². The molecule has 2 atom stereocenters.